The summed E-state index contributed by atoms with van der Waals surface area (Å²) in [5.74, 6) is 1.58. The molecule has 1 heterocycles. The number of aromatic nitrogens is 1. The second kappa shape index (κ2) is 9.64. The van der Waals surface area contributed by atoms with E-state index < -0.39 is 0 Å². The molecule has 3 rings (SSSR count). The number of pyridine rings is 1. The van der Waals surface area contributed by atoms with E-state index in [0.29, 0.717) is 39.6 Å². The van der Waals surface area contributed by atoms with Gasteiger partial charge < -0.3 is 28.8 Å². The lowest BCUT2D eigenvalue weighted by Gasteiger charge is -2.27. The van der Waals surface area contributed by atoms with E-state index in [-0.39, 0.29) is 24.1 Å². The molecule has 0 radical (unpaired) electrons. The van der Waals surface area contributed by atoms with Crippen molar-refractivity contribution in [3.8, 4) is 23.0 Å². The smallest absolute Gasteiger partial charge is 0.254 e. The molecule has 0 fully saturated rings. The SMILES string of the molecule is COc1ccc2cc(CN(C(=O)c3cc(OC)c(OC)c(OC)c3)C(C)C)c(=O)[nH]c2c1. The van der Waals surface area contributed by atoms with E-state index in [2.05, 4.69) is 4.98 Å². The Hall–Kier alpha value is -3.68. The maximum absolute atomic E-state index is 13.4. The van der Waals surface area contributed by atoms with Gasteiger partial charge in [-0.05, 0) is 49.6 Å². The first-order valence-corrected chi connectivity index (χ1v) is 10.1. The quantitative estimate of drug-likeness (QED) is 0.576. The first kappa shape index (κ1) is 23.0. The minimum absolute atomic E-state index is 0.143. The first-order valence-electron chi connectivity index (χ1n) is 10.1. The van der Waals surface area contributed by atoms with Crippen molar-refractivity contribution in [3.05, 3.63) is 57.9 Å². The van der Waals surface area contributed by atoms with Crippen LogP contribution in [0.3, 0.4) is 0 Å². The van der Waals surface area contributed by atoms with Gasteiger partial charge in [-0.25, -0.2) is 0 Å². The molecule has 3 aromatic rings. The Morgan fingerprint density at radius 3 is 2.12 bits per heavy atom. The maximum atomic E-state index is 13.4. The van der Waals surface area contributed by atoms with Crippen LogP contribution < -0.4 is 24.5 Å². The molecule has 170 valence electrons. The second-order valence-corrected chi connectivity index (χ2v) is 7.52. The van der Waals surface area contributed by atoms with Crippen LogP contribution in [0.5, 0.6) is 23.0 Å². The molecule has 0 bridgehead atoms. The summed E-state index contributed by atoms with van der Waals surface area (Å²) in [7, 11) is 6.07. The Bertz CT molecular complexity index is 1160. The highest BCUT2D eigenvalue weighted by molar-refractivity contribution is 5.96. The van der Waals surface area contributed by atoms with E-state index in [1.165, 1.54) is 21.3 Å². The predicted octanol–water partition coefficient (Wildman–Crippen LogP) is 3.61. The predicted molar refractivity (Wildman–Crippen MR) is 122 cm³/mol. The number of amides is 1. The number of benzene rings is 2. The van der Waals surface area contributed by atoms with E-state index in [0.717, 1.165) is 5.39 Å². The van der Waals surface area contributed by atoms with Gasteiger partial charge in [0.25, 0.3) is 11.5 Å². The molecule has 0 aliphatic rings. The summed E-state index contributed by atoms with van der Waals surface area (Å²) in [5.41, 5.74) is 1.27. The number of fused-ring (bicyclic) bond motifs is 1. The fraction of sp³-hybridized carbons (Fsp3) is 0.333. The average molecular weight is 440 g/mol. The van der Waals surface area contributed by atoms with Crippen LogP contribution in [0, 0.1) is 0 Å². The number of aromatic amines is 1. The Labute approximate surface area is 186 Å². The number of methoxy groups -OCH3 is 4. The minimum atomic E-state index is -0.256. The molecular formula is C24H28N2O6. The highest BCUT2D eigenvalue weighted by Gasteiger charge is 2.24. The molecule has 1 amide bonds. The molecule has 8 nitrogen and oxygen atoms in total. The van der Waals surface area contributed by atoms with Crippen LogP contribution in [-0.2, 0) is 6.54 Å². The number of nitrogens with zero attached hydrogens (tertiary/aromatic N) is 1. The summed E-state index contributed by atoms with van der Waals surface area (Å²) in [5, 5.41) is 0.851. The molecule has 1 N–H and O–H groups in total. The lowest BCUT2D eigenvalue weighted by molar-refractivity contribution is 0.0689. The number of carbonyl (C=O) groups is 1. The van der Waals surface area contributed by atoms with Gasteiger partial charge >= 0.3 is 0 Å². The Balaban J connectivity index is 2.00. The summed E-state index contributed by atoms with van der Waals surface area (Å²) in [4.78, 5) is 30.7. The topological polar surface area (TPSA) is 90.1 Å². The van der Waals surface area contributed by atoms with Gasteiger partial charge in [-0.2, -0.15) is 0 Å². The number of H-pyrrole nitrogens is 1. The molecule has 0 spiro atoms. The Kier molecular flexibility index (Phi) is 6.92. The van der Waals surface area contributed by atoms with Crippen molar-refractivity contribution in [1.82, 2.24) is 9.88 Å². The van der Waals surface area contributed by atoms with E-state index in [1.807, 2.05) is 26.0 Å². The number of carbonyl (C=O) groups excluding carboxylic acids is 1. The number of hydrogen-bond donors (Lipinski definition) is 1. The summed E-state index contributed by atoms with van der Waals surface area (Å²) >= 11 is 0. The number of ether oxygens (including phenoxy) is 4. The van der Waals surface area contributed by atoms with Gasteiger partial charge in [0.1, 0.15) is 5.75 Å². The monoisotopic (exact) mass is 440 g/mol. The summed E-state index contributed by atoms with van der Waals surface area (Å²) in [6, 6.07) is 10.3. The van der Waals surface area contributed by atoms with E-state index in [1.54, 1.807) is 36.3 Å². The van der Waals surface area contributed by atoms with Crippen molar-refractivity contribution in [1.29, 1.82) is 0 Å². The van der Waals surface area contributed by atoms with Gasteiger partial charge in [0.15, 0.2) is 11.5 Å². The van der Waals surface area contributed by atoms with Crippen molar-refractivity contribution in [2.45, 2.75) is 26.4 Å². The molecule has 0 saturated heterocycles. The molecule has 1 aromatic heterocycles. The third-order valence-electron chi connectivity index (χ3n) is 5.27. The number of nitrogens with one attached hydrogen (secondary N) is 1. The molecule has 8 heteroatoms. The normalized spacial score (nSPS) is 10.8. The maximum Gasteiger partial charge on any atom is 0.254 e. The summed E-state index contributed by atoms with van der Waals surface area (Å²) < 4.78 is 21.3. The summed E-state index contributed by atoms with van der Waals surface area (Å²) in [6.07, 6.45) is 0. The summed E-state index contributed by atoms with van der Waals surface area (Å²) in [6.45, 7) is 3.94. The Morgan fingerprint density at radius 2 is 1.59 bits per heavy atom. The van der Waals surface area contributed by atoms with Crippen LogP contribution in [-0.4, -0.2) is 50.3 Å². The lowest BCUT2D eigenvalue weighted by Crippen LogP contribution is -2.38. The van der Waals surface area contributed by atoms with Crippen LogP contribution in [0.25, 0.3) is 10.9 Å². The van der Waals surface area contributed by atoms with Crippen molar-refractivity contribution in [2.75, 3.05) is 28.4 Å². The highest BCUT2D eigenvalue weighted by Crippen LogP contribution is 2.38. The third kappa shape index (κ3) is 4.49. The number of hydrogen-bond acceptors (Lipinski definition) is 6. The Morgan fingerprint density at radius 1 is 0.938 bits per heavy atom. The van der Waals surface area contributed by atoms with Crippen LogP contribution in [0.2, 0.25) is 0 Å². The van der Waals surface area contributed by atoms with Crippen molar-refractivity contribution >= 4 is 16.8 Å². The zero-order valence-corrected chi connectivity index (χ0v) is 19.1. The van der Waals surface area contributed by atoms with Crippen LogP contribution >= 0.6 is 0 Å². The zero-order chi connectivity index (χ0) is 23.4. The fourth-order valence-electron chi connectivity index (χ4n) is 3.51. The molecule has 0 aliphatic heterocycles. The minimum Gasteiger partial charge on any atom is -0.497 e. The highest BCUT2D eigenvalue weighted by atomic mass is 16.5. The lowest BCUT2D eigenvalue weighted by atomic mass is 10.1. The van der Waals surface area contributed by atoms with E-state index in [4.69, 9.17) is 18.9 Å². The van der Waals surface area contributed by atoms with Gasteiger partial charge in [-0.15, -0.1) is 0 Å². The largest absolute Gasteiger partial charge is 0.497 e. The van der Waals surface area contributed by atoms with E-state index in [9.17, 15) is 9.59 Å². The van der Waals surface area contributed by atoms with Gasteiger partial charge in [-0.1, -0.05) is 0 Å². The molecular weight excluding hydrogens is 412 g/mol. The van der Waals surface area contributed by atoms with Crippen molar-refractivity contribution in [2.24, 2.45) is 0 Å². The van der Waals surface area contributed by atoms with Crippen LogP contribution in [0.15, 0.2) is 41.2 Å². The molecule has 2 aromatic carbocycles. The zero-order valence-electron chi connectivity index (χ0n) is 19.1. The van der Waals surface area contributed by atoms with Crippen molar-refractivity contribution < 1.29 is 23.7 Å². The van der Waals surface area contributed by atoms with Gasteiger partial charge in [0.2, 0.25) is 5.75 Å². The molecule has 0 saturated carbocycles. The van der Waals surface area contributed by atoms with Gasteiger partial charge in [-0.3, -0.25) is 9.59 Å². The van der Waals surface area contributed by atoms with Crippen LogP contribution in [0.4, 0.5) is 0 Å². The number of rotatable bonds is 8. The molecule has 0 atom stereocenters. The second-order valence-electron chi connectivity index (χ2n) is 7.52. The first-order chi connectivity index (χ1) is 15.3. The average Bonchev–Trinajstić information content (AvgIpc) is 2.80. The fourth-order valence-corrected chi connectivity index (χ4v) is 3.51. The molecule has 0 aliphatic carbocycles. The third-order valence-corrected chi connectivity index (χ3v) is 5.27. The van der Waals surface area contributed by atoms with E-state index >= 15 is 0 Å². The van der Waals surface area contributed by atoms with Gasteiger partial charge in [0, 0.05) is 23.2 Å². The van der Waals surface area contributed by atoms with Crippen LogP contribution in [0.1, 0.15) is 29.8 Å². The molecule has 32 heavy (non-hydrogen) atoms. The van der Waals surface area contributed by atoms with Crippen molar-refractivity contribution in [3.63, 3.8) is 0 Å². The molecule has 0 unspecified atom stereocenters. The standard InChI is InChI=1S/C24H28N2O6/c1-14(2)26(24(28)16-10-20(30-4)22(32-6)21(11-16)31-5)13-17-9-15-7-8-18(29-3)12-19(15)25-23(17)27/h7-12,14H,13H2,1-6H3,(H,25,27). The van der Waals surface area contributed by atoms with Gasteiger partial charge in [0.05, 0.1) is 40.5 Å².